The van der Waals surface area contributed by atoms with E-state index in [2.05, 4.69) is 13.0 Å². The number of aryl methyl sites for hydroxylation is 1. The summed E-state index contributed by atoms with van der Waals surface area (Å²) in [6.45, 7) is 8.17. The van der Waals surface area contributed by atoms with Crippen LogP contribution in [0.2, 0.25) is 0 Å². The Morgan fingerprint density at radius 1 is 1.24 bits per heavy atom. The number of nitrogens with zero attached hydrogens (tertiary/aromatic N) is 2. The maximum atomic E-state index is 13.0. The molecule has 2 heterocycles. The second-order valence-corrected chi connectivity index (χ2v) is 6.54. The Morgan fingerprint density at radius 2 is 1.96 bits per heavy atom. The lowest BCUT2D eigenvalue weighted by molar-refractivity contribution is -0.119. The smallest absolute Gasteiger partial charge is 0.339 e. The van der Waals surface area contributed by atoms with E-state index < -0.39 is 0 Å². The van der Waals surface area contributed by atoms with Crippen molar-refractivity contribution < 1.29 is 14.3 Å². The van der Waals surface area contributed by atoms with Crippen molar-refractivity contribution in [3.8, 4) is 0 Å². The van der Waals surface area contributed by atoms with Gasteiger partial charge < -0.3 is 14.2 Å². The van der Waals surface area contributed by atoms with Gasteiger partial charge in [-0.25, -0.2) is 4.79 Å². The van der Waals surface area contributed by atoms with Gasteiger partial charge in [0.15, 0.2) is 0 Å². The third kappa shape index (κ3) is 3.06. The predicted octanol–water partition coefficient (Wildman–Crippen LogP) is 3.26. The van der Waals surface area contributed by atoms with Crippen molar-refractivity contribution >= 4 is 17.6 Å². The molecule has 0 fully saturated rings. The van der Waals surface area contributed by atoms with E-state index in [0.29, 0.717) is 12.2 Å². The number of carbonyl (C=O) groups excluding carboxylic acids is 2. The number of hydrogen-bond donors (Lipinski definition) is 0. The van der Waals surface area contributed by atoms with E-state index in [-0.39, 0.29) is 24.5 Å². The number of hydrogen-bond acceptors (Lipinski definition) is 3. The molecule has 5 nitrogen and oxygen atoms in total. The Kier molecular flexibility index (Phi) is 4.66. The van der Waals surface area contributed by atoms with Gasteiger partial charge in [-0.3, -0.25) is 4.79 Å². The number of anilines is 1. The second-order valence-electron chi connectivity index (χ2n) is 6.54. The van der Waals surface area contributed by atoms with E-state index in [0.717, 1.165) is 23.5 Å². The normalized spacial score (nSPS) is 16.0. The van der Waals surface area contributed by atoms with Crippen molar-refractivity contribution in [2.24, 2.45) is 0 Å². The quantitative estimate of drug-likeness (QED) is 0.803. The van der Waals surface area contributed by atoms with Gasteiger partial charge in [0, 0.05) is 23.1 Å². The first kappa shape index (κ1) is 17.3. The standard InChI is InChI=1S/C20H24N2O3/c1-5-25-20(24)17-11-13(2)21(15(17)4)12-19(23)22-14(3)10-16-8-6-7-9-18(16)22/h6-9,11,14H,5,10,12H2,1-4H3/t14-/m0/s1. The molecule has 0 N–H and O–H groups in total. The van der Waals surface area contributed by atoms with Crippen molar-refractivity contribution in [2.75, 3.05) is 11.5 Å². The van der Waals surface area contributed by atoms with Crippen LogP contribution in [0.3, 0.4) is 0 Å². The highest BCUT2D eigenvalue weighted by atomic mass is 16.5. The lowest BCUT2D eigenvalue weighted by Crippen LogP contribution is -2.38. The van der Waals surface area contributed by atoms with Gasteiger partial charge in [-0.15, -0.1) is 0 Å². The minimum absolute atomic E-state index is 0.0367. The molecule has 2 aromatic rings. The van der Waals surface area contributed by atoms with Gasteiger partial charge in [-0.2, -0.15) is 0 Å². The molecular weight excluding hydrogens is 316 g/mol. The zero-order valence-electron chi connectivity index (χ0n) is 15.2. The van der Waals surface area contributed by atoms with Gasteiger partial charge in [0.25, 0.3) is 0 Å². The zero-order chi connectivity index (χ0) is 18.1. The highest BCUT2D eigenvalue weighted by Gasteiger charge is 2.31. The summed E-state index contributed by atoms with van der Waals surface area (Å²) in [6, 6.07) is 9.97. The Morgan fingerprint density at radius 3 is 2.68 bits per heavy atom. The molecule has 0 aliphatic carbocycles. The molecule has 1 amide bonds. The molecule has 5 heteroatoms. The molecule has 3 rings (SSSR count). The van der Waals surface area contributed by atoms with Crippen LogP contribution in [0, 0.1) is 13.8 Å². The average Bonchev–Trinajstić information content (AvgIpc) is 3.05. The minimum atomic E-state index is -0.339. The molecule has 1 aromatic heterocycles. The fraction of sp³-hybridized carbons (Fsp3) is 0.400. The van der Waals surface area contributed by atoms with E-state index in [9.17, 15) is 9.59 Å². The zero-order valence-corrected chi connectivity index (χ0v) is 15.2. The maximum absolute atomic E-state index is 13.0. The van der Waals surface area contributed by atoms with Crippen LogP contribution in [-0.4, -0.2) is 29.1 Å². The molecule has 25 heavy (non-hydrogen) atoms. The monoisotopic (exact) mass is 340 g/mol. The van der Waals surface area contributed by atoms with Crippen LogP contribution in [0.4, 0.5) is 5.69 Å². The van der Waals surface area contributed by atoms with E-state index in [1.807, 2.05) is 41.5 Å². The molecule has 1 atom stereocenters. The molecule has 0 saturated carbocycles. The minimum Gasteiger partial charge on any atom is -0.462 e. The van der Waals surface area contributed by atoms with E-state index in [1.54, 1.807) is 13.0 Å². The molecule has 0 unspecified atom stereocenters. The van der Waals surface area contributed by atoms with Crippen molar-refractivity contribution in [3.05, 3.63) is 52.8 Å². The first-order valence-electron chi connectivity index (χ1n) is 8.67. The van der Waals surface area contributed by atoms with Crippen LogP contribution in [0.1, 0.15) is 41.2 Å². The molecule has 1 aliphatic rings. The fourth-order valence-corrected chi connectivity index (χ4v) is 3.62. The number of ether oxygens (including phenoxy) is 1. The van der Waals surface area contributed by atoms with Crippen molar-refractivity contribution in [3.63, 3.8) is 0 Å². The number of aromatic nitrogens is 1. The number of amides is 1. The van der Waals surface area contributed by atoms with Crippen LogP contribution >= 0.6 is 0 Å². The van der Waals surface area contributed by atoms with E-state index in [1.165, 1.54) is 5.56 Å². The lowest BCUT2D eigenvalue weighted by Gasteiger charge is -2.24. The number of carbonyl (C=O) groups is 2. The summed E-state index contributed by atoms with van der Waals surface area (Å²) in [7, 11) is 0. The number of esters is 1. The molecule has 0 spiro atoms. The number of rotatable bonds is 4. The van der Waals surface area contributed by atoms with Crippen molar-refractivity contribution in [2.45, 2.75) is 46.7 Å². The molecule has 0 saturated heterocycles. The summed E-state index contributed by atoms with van der Waals surface area (Å²) in [4.78, 5) is 26.9. The van der Waals surface area contributed by atoms with Gasteiger partial charge in [0.05, 0.1) is 12.2 Å². The van der Waals surface area contributed by atoms with Gasteiger partial charge >= 0.3 is 5.97 Å². The molecule has 1 aliphatic heterocycles. The first-order valence-corrected chi connectivity index (χ1v) is 8.67. The molecule has 132 valence electrons. The third-order valence-corrected chi connectivity index (χ3v) is 4.84. The first-order chi connectivity index (χ1) is 11.9. The highest BCUT2D eigenvalue weighted by molar-refractivity contribution is 5.96. The summed E-state index contributed by atoms with van der Waals surface area (Å²) in [5.41, 5.74) is 4.38. The second kappa shape index (κ2) is 6.75. The molecule has 0 radical (unpaired) electrons. The van der Waals surface area contributed by atoms with Crippen LogP contribution in [0.25, 0.3) is 0 Å². The van der Waals surface area contributed by atoms with Crippen molar-refractivity contribution in [1.82, 2.24) is 4.57 Å². The van der Waals surface area contributed by atoms with Gasteiger partial charge in [0.2, 0.25) is 5.91 Å². The van der Waals surface area contributed by atoms with Crippen LogP contribution < -0.4 is 4.90 Å². The summed E-state index contributed by atoms with van der Waals surface area (Å²) < 4.78 is 6.99. The van der Waals surface area contributed by atoms with Crippen LogP contribution in [-0.2, 0) is 22.5 Å². The molecular formula is C20H24N2O3. The Labute approximate surface area is 148 Å². The number of fused-ring (bicyclic) bond motifs is 1. The summed E-state index contributed by atoms with van der Waals surface area (Å²) in [5, 5.41) is 0. The van der Waals surface area contributed by atoms with E-state index in [4.69, 9.17) is 4.74 Å². The van der Waals surface area contributed by atoms with Crippen molar-refractivity contribution in [1.29, 1.82) is 0 Å². The molecule has 0 bridgehead atoms. The predicted molar refractivity (Wildman–Crippen MR) is 97.0 cm³/mol. The molecule has 1 aromatic carbocycles. The van der Waals surface area contributed by atoms with Gasteiger partial charge in [-0.05, 0) is 51.8 Å². The topological polar surface area (TPSA) is 51.5 Å². The largest absolute Gasteiger partial charge is 0.462 e. The summed E-state index contributed by atoms with van der Waals surface area (Å²) >= 11 is 0. The third-order valence-electron chi connectivity index (χ3n) is 4.84. The number of para-hydroxylation sites is 1. The van der Waals surface area contributed by atoms with Crippen LogP contribution in [0.5, 0.6) is 0 Å². The fourth-order valence-electron chi connectivity index (χ4n) is 3.62. The SMILES string of the molecule is CCOC(=O)c1cc(C)n(CC(=O)N2c3ccccc3C[C@@H]2C)c1C. The lowest BCUT2D eigenvalue weighted by atomic mass is 10.1. The van der Waals surface area contributed by atoms with Crippen LogP contribution in [0.15, 0.2) is 30.3 Å². The average molecular weight is 340 g/mol. The van der Waals surface area contributed by atoms with Gasteiger partial charge in [-0.1, -0.05) is 18.2 Å². The number of benzene rings is 1. The van der Waals surface area contributed by atoms with E-state index >= 15 is 0 Å². The Bertz CT molecular complexity index is 822. The summed E-state index contributed by atoms with van der Waals surface area (Å²) in [5.74, 6) is -0.302. The Balaban J connectivity index is 1.86. The summed E-state index contributed by atoms with van der Waals surface area (Å²) in [6.07, 6.45) is 0.875. The Hall–Kier alpha value is -2.56. The van der Waals surface area contributed by atoms with Gasteiger partial charge in [0.1, 0.15) is 6.54 Å². The highest BCUT2D eigenvalue weighted by Crippen LogP contribution is 2.32. The maximum Gasteiger partial charge on any atom is 0.339 e.